The number of aliphatic hydroxyl groups excluding tert-OH is 1. The molecule has 96 valence electrons. The molecule has 0 bridgehead atoms. The molecule has 0 heterocycles. The molecule has 0 aliphatic rings. The van der Waals surface area contributed by atoms with Crippen LogP contribution in [-0.4, -0.2) is 50.9 Å². The van der Waals surface area contributed by atoms with Crippen LogP contribution in [0.5, 0.6) is 5.75 Å². The number of methoxy groups -OCH3 is 1. The van der Waals surface area contributed by atoms with Gasteiger partial charge in [0.1, 0.15) is 5.75 Å². The number of hydrogen-bond acceptors (Lipinski definition) is 4. The van der Waals surface area contributed by atoms with Gasteiger partial charge in [-0.2, -0.15) is 0 Å². The zero-order chi connectivity index (χ0) is 12.7. The van der Waals surface area contributed by atoms with Gasteiger partial charge in [-0.3, -0.25) is 0 Å². The SMILES string of the molecule is COc1ccc(C(CO)NCCN(C)C)cc1. The van der Waals surface area contributed by atoms with Crippen LogP contribution in [0.25, 0.3) is 0 Å². The van der Waals surface area contributed by atoms with Crippen molar-refractivity contribution >= 4 is 0 Å². The van der Waals surface area contributed by atoms with E-state index in [9.17, 15) is 5.11 Å². The second-order valence-corrected chi connectivity index (χ2v) is 4.27. The molecule has 0 spiro atoms. The third kappa shape index (κ3) is 4.73. The Balaban J connectivity index is 2.53. The molecular weight excluding hydrogens is 216 g/mol. The van der Waals surface area contributed by atoms with Gasteiger partial charge >= 0.3 is 0 Å². The van der Waals surface area contributed by atoms with E-state index in [0.717, 1.165) is 24.4 Å². The molecule has 4 heteroatoms. The van der Waals surface area contributed by atoms with E-state index < -0.39 is 0 Å². The molecule has 0 fully saturated rings. The van der Waals surface area contributed by atoms with E-state index in [2.05, 4.69) is 10.2 Å². The molecular formula is C13H22N2O2. The number of nitrogens with zero attached hydrogens (tertiary/aromatic N) is 1. The van der Waals surface area contributed by atoms with Gasteiger partial charge in [-0.15, -0.1) is 0 Å². The number of benzene rings is 1. The predicted molar refractivity (Wildman–Crippen MR) is 69.4 cm³/mol. The van der Waals surface area contributed by atoms with Gasteiger partial charge in [0.05, 0.1) is 19.8 Å². The molecule has 17 heavy (non-hydrogen) atoms. The van der Waals surface area contributed by atoms with Gasteiger partial charge in [-0.25, -0.2) is 0 Å². The van der Waals surface area contributed by atoms with Crippen molar-refractivity contribution in [2.24, 2.45) is 0 Å². The summed E-state index contributed by atoms with van der Waals surface area (Å²) in [6.07, 6.45) is 0. The summed E-state index contributed by atoms with van der Waals surface area (Å²) in [4.78, 5) is 2.11. The topological polar surface area (TPSA) is 44.7 Å². The Kier molecular flexibility index (Phi) is 5.97. The summed E-state index contributed by atoms with van der Waals surface area (Å²) >= 11 is 0. The zero-order valence-corrected chi connectivity index (χ0v) is 10.8. The number of ether oxygens (including phenoxy) is 1. The lowest BCUT2D eigenvalue weighted by Crippen LogP contribution is -2.31. The minimum Gasteiger partial charge on any atom is -0.497 e. The normalized spacial score (nSPS) is 12.8. The first kappa shape index (κ1) is 14.0. The Morgan fingerprint density at radius 1 is 1.29 bits per heavy atom. The molecule has 0 aliphatic heterocycles. The van der Waals surface area contributed by atoms with Crippen LogP contribution in [0.4, 0.5) is 0 Å². The second kappa shape index (κ2) is 7.27. The minimum atomic E-state index is -0.0131. The third-order valence-corrected chi connectivity index (χ3v) is 2.65. The van der Waals surface area contributed by atoms with Crippen LogP contribution in [0.1, 0.15) is 11.6 Å². The zero-order valence-electron chi connectivity index (χ0n) is 10.8. The maximum Gasteiger partial charge on any atom is 0.118 e. The molecule has 1 atom stereocenters. The van der Waals surface area contributed by atoms with E-state index in [-0.39, 0.29) is 12.6 Å². The van der Waals surface area contributed by atoms with E-state index in [1.165, 1.54) is 0 Å². The molecule has 0 aromatic heterocycles. The summed E-state index contributed by atoms with van der Waals surface area (Å²) in [5, 5.41) is 12.7. The van der Waals surface area contributed by atoms with Gasteiger partial charge in [0.15, 0.2) is 0 Å². The molecule has 1 unspecified atom stereocenters. The number of nitrogens with one attached hydrogen (secondary N) is 1. The minimum absolute atomic E-state index is 0.0131. The largest absolute Gasteiger partial charge is 0.497 e. The van der Waals surface area contributed by atoms with Crippen LogP contribution in [0.2, 0.25) is 0 Å². The van der Waals surface area contributed by atoms with Crippen LogP contribution in [0.3, 0.4) is 0 Å². The summed E-state index contributed by atoms with van der Waals surface area (Å²) < 4.78 is 5.11. The van der Waals surface area contributed by atoms with Crippen LogP contribution < -0.4 is 10.1 Å². The van der Waals surface area contributed by atoms with Crippen LogP contribution in [0.15, 0.2) is 24.3 Å². The van der Waals surface area contributed by atoms with E-state index in [4.69, 9.17) is 4.74 Å². The van der Waals surface area contributed by atoms with Gasteiger partial charge in [-0.05, 0) is 31.8 Å². The van der Waals surface area contributed by atoms with E-state index in [1.807, 2.05) is 38.4 Å². The first-order valence-electron chi connectivity index (χ1n) is 5.80. The summed E-state index contributed by atoms with van der Waals surface area (Å²) in [6, 6.07) is 7.75. The predicted octanol–water partition coefficient (Wildman–Crippen LogP) is 0.880. The van der Waals surface area contributed by atoms with Gasteiger partial charge in [0.2, 0.25) is 0 Å². The Morgan fingerprint density at radius 3 is 2.41 bits per heavy atom. The maximum atomic E-state index is 9.36. The van der Waals surface area contributed by atoms with Crippen LogP contribution in [0, 0.1) is 0 Å². The van der Waals surface area contributed by atoms with E-state index in [0.29, 0.717) is 0 Å². The first-order valence-corrected chi connectivity index (χ1v) is 5.80. The molecule has 0 saturated heterocycles. The Morgan fingerprint density at radius 2 is 1.94 bits per heavy atom. The lowest BCUT2D eigenvalue weighted by molar-refractivity contribution is 0.240. The van der Waals surface area contributed by atoms with Crippen molar-refractivity contribution in [3.63, 3.8) is 0 Å². The molecule has 0 amide bonds. The summed E-state index contributed by atoms with van der Waals surface area (Å²) in [6.45, 7) is 1.90. The summed E-state index contributed by atoms with van der Waals surface area (Å²) in [7, 11) is 5.71. The van der Waals surface area contributed by atoms with Gasteiger partial charge < -0.3 is 20.1 Å². The van der Waals surface area contributed by atoms with E-state index >= 15 is 0 Å². The molecule has 0 radical (unpaired) electrons. The quantitative estimate of drug-likeness (QED) is 0.740. The smallest absolute Gasteiger partial charge is 0.118 e. The van der Waals surface area contributed by atoms with Gasteiger partial charge in [-0.1, -0.05) is 12.1 Å². The maximum absolute atomic E-state index is 9.36. The highest BCUT2D eigenvalue weighted by atomic mass is 16.5. The molecule has 4 nitrogen and oxygen atoms in total. The highest BCUT2D eigenvalue weighted by molar-refractivity contribution is 5.29. The Hall–Kier alpha value is -1.10. The highest BCUT2D eigenvalue weighted by Gasteiger charge is 2.09. The van der Waals surface area contributed by atoms with Crippen molar-refractivity contribution < 1.29 is 9.84 Å². The average molecular weight is 238 g/mol. The number of rotatable bonds is 7. The summed E-state index contributed by atoms with van der Waals surface area (Å²) in [5.74, 6) is 0.832. The van der Waals surface area contributed by atoms with Crippen molar-refractivity contribution in [3.05, 3.63) is 29.8 Å². The molecule has 0 aliphatic carbocycles. The van der Waals surface area contributed by atoms with Crippen molar-refractivity contribution in [2.75, 3.05) is 40.9 Å². The van der Waals surface area contributed by atoms with E-state index in [1.54, 1.807) is 7.11 Å². The van der Waals surface area contributed by atoms with Crippen molar-refractivity contribution in [3.8, 4) is 5.75 Å². The third-order valence-electron chi connectivity index (χ3n) is 2.65. The van der Waals surface area contributed by atoms with Crippen molar-refractivity contribution in [2.45, 2.75) is 6.04 Å². The first-order chi connectivity index (χ1) is 8.17. The van der Waals surface area contributed by atoms with Crippen LogP contribution >= 0.6 is 0 Å². The van der Waals surface area contributed by atoms with Crippen molar-refractivity contribution in [1.82, 2.24) is 10.2 Å². The molecule has 0 saturated carbocycles. The van der Waals surface area contributed by atoms with Gasteiger partial charge in [0, 0.05) is 13.1 Å². The standard InChI is InChI=1S/C13H22N2O2/c1-15(2)9-8-14-13(10-16)11-4-6-12(17-3)7-5-11/h4-7,13-14,16H,8-10H2,1-3H3. The fourth-order valence-corrected chi connectivity index (χ4v) is 1.59. The van der Waals surface area contributed by atoms with Crippen LogP contribution in [-0.2, 0) is 0 Å². The highest BCUT2D eigenvalue weighted by Crippen LogP contribution is 2.17. The number of hydrogen-bond donors (Lipinski definition) is 2. The Bertz CT molecular complexity index is 312. The molecule has 1 aromatic rings. The average Bonchev–Trinajstić information content (AvgIpc) is 2.34. The van der Waals surface area contributed by atoms with Gasteiger partial charge in [0.25, 0.3) is 0 Å². The van der Waals surface area contributed by atoms with Crippen molar-refractivity contribution in [1.29, 1.82) is 0 Å². The lowest BCUT2D eigenvalue weighted by atomic mass is 10.1. The summed E-state index contributed by atoms with van der Waals surface area (Å²) in [5.41, 5.74) is 1.08. The molecule has 1 rings (SSSR count). The fraction of sp³-hybridized carbons (Fsp3) is 0.538. The molecule has 1 aromatic carbocycles. The lowest BCUT2D eigenvalue weighted by Gasteiger charge is -2.18. The number of likely N-dealkylation sites (N-methyl/N-ethyl adjacent to an activating group) is 1. The number of aliphatic hydroxyl groups is 1. The molecule has 2 N–H and O–H groups in total. The second-order valence-electron chi connectivity index (χ2n) is 4.27. The monoisotopic (exact) mass is 238 g/mol. The fourth-order valence-electron chi connectivity index (χ4n) is 1.59. The Labute approximate surface area is 103 Å².